The van der Waals surface area contributed by atoms with Crippen LogP contribution in [0.4, 0.5) is 5.69 Å². The maximum absolute atomic E-state index is 11.6. The maximum Gasteiger partial charge on any atom is 0.359 e. The number of nitrogens with two attached hydrogens (primary N) is 1. The molecular weight excluding hydrogens is 208 g/mol. The first kappa shape index (κ1) is 12.4. The van der Waals surface area contributed by atoms with E-state index in [1.807, 2.05) is 6.92 Å². The highest BCUT2D eigenvalue weighted by atomic mass is 16.6. The Morgan fingerprint density at radius 2 is 2.38 bits per heavy atom. The van der Waals surface area contributed by atoms with E-state index in [0.717, 1.165) is 0 Å². The summed E-state index contributed by atoms with van der Waals surface area (Å²) in [6, 6.07) is 3.27. The van der Waals surface area contributed by atoms with E-state index < -0.39 is 5.97 Å². The average molecular weight is 224 g/mol. The SMILES string of the molecule is CCOCC(C)OC(=O)c1ncccc1N. The van der Waals surface area contributed by atoms with Gasteiger partial charge in [-0.3, -0.25) is 0 Å². The number of carbonyl (C=O) groups excluding carboxylic acids is 1. The summed E-state index contributed by atoms with van der Waals surface area (Å²) in [6.45, 7) is 4.60. The lowest BCUT2D eigenvalue weighted by atomic mass is 10.3. The largest absolute Gasteiger partial charge is 0.455 e. The number of rotatable bonds is 5. The van der Waals surface area contributed by atoms with Crippen LogP contribution in [0.15, 0.2) is 18.3 Å². The predicted octanol–water partition coefficient (Wildman–Crippen LogP) is 1.25. The van der Waals surface area contributed by atoms with Crippen molar-refractivity contribution in [1.82, 2.24) is 4.98 Å². The van der Waals surface area contributed by atoms with E-state index >= 15 is 0 Å². The number of aromatic nitrogens is 1. The number of nitrogens with zero attached hydrogens (tertiary/aromatic N) is 1. The summed E-state index contributed by atoms with van der Waals surface area (Å²) in [7, 11) is 0. The number of hydrogen-bond donors (Lipinski definition) is 1. The van der Waals surface area contributed by atoms with Gasteiger partial charge in [0.25, 0.3) is 0 Å². The highest BCUT2D eigenvalue weighted by Crippen LogP contribution is 2.09. The van der Waals surface area contributed by atoms with E-state index in [-0.39, 0.29) is 11.8 Å². The molecule has 1 unspecified atom stereocenters. The molecule has 2 N–H and O–H groups in total. The van der Waals surface area contributed by atoms with Crippen LogP contribution in [0.25, 0.3) is 0 Å². The summed E-state index contributed by atoms with van der Waals surface area (Å²) in [5, 5.41) is 0. The molecule has 0 aliphatic carbocycles. The average Bonchev–Trinajstić information content (AvgIpc) is 2.26. The van der Waals surface area contributed by atoms with Crippen LogP contribution in [0.2, 0.25) is 0 Å². The van der Waals surface area contributed by atoms with Gasteiger partial charge >= 0.3 is 5.97 Å². The Kier molecular flexibility index (Phi) is 4.72. The first-order chi connectivity index (χ1) is 7.65. The topological polar surface area (TPSA) is 74.4 Å². The summed E-state index contributed by atoms with van der Waals surface area (Å²) in [5.74, 6) is -0.523. The van der Waals surface area contributed by atoms with Crippen LogP contribution in [0.1, 0.15) is 24.3 Å². The molecule has 0 radical (unpaired) electrons. The fourth-order valence-electron chi connectivity index (χ4n) is 1.14. The number of hydrogen-bond acceptors (Lipinski definition) is 5. The fraction of sp³-hybridized carbons (Fsp3) is 0.455. The Balaban J connectivity index is 2.56. The molecule has 88 valence electrons. The molecule has 0 amide bonds. The zero-order chi connectivity index (χ0) is 12.0. The monoisotopic (exact) mass is 224 g/mol. The first-order valence-electron chi connectivity index (χ1n) is 5.14. The molecule has 1 aromatic rings. The van der Waals surface area contributed by atoms with Crippen LogP contribution < -0.4 is 5.73 Å². The van der Waals surface area contributed by atoms with E-state index in [2.05, 4.69) is 4.98 Å². The summed E-state index contributed by atoms with van der Waals surface area (Å²) in [6.07, 6.45) is 1.19. The van der Waals surface area contributed by atoms with Crippen molar-refractivity contribution in [3.63, 3.8) is 0 Å². The van der Waals surface area contributed by atoms with Crippen LogP contribution in [0.3, 0.4) is 0 Å². The quantitative estimate of drug-likeness (QED) is 0.762. The third-order valence-electron chi connectivity index (χ3n) is 1.90. The predicted molar refractivity (Wildman–Crippen MR) is 60.0 cm³/mol. The van der Waals surface area contributed by atoms with Crippen LogP contribution in [0, 0.1) is 0 Å². The van der Waals surface area contributed by atoms with Crippen molar-refractivity contribution in [2.75, 3.05) is 18.9 Å². The van der Waals surface area contributed by atoms with Crippen LogP contribution in [-0.2, 0) is 9.47 Å². The third-order valence-corrected chi connectivity index (χ3v) is 1.90. The molecule has 0 aromatic carbocycles. The van der Waals surface area contributed by atoms with Gasteiger partial charge in [-0.15, -0.1) is 0 Å². The van der Waals surface area contributed by atoms with Gasteiger partial charge in [-0.05, 0) is 26.0 Å². The van der Waals surface area contributed by atoms with E-state index in [9.17, 15) is 4.79 Å². The highest BCUT2D eigenvalue weighted by molar-refractivity contribution is 5.92. The second-order valence-corrected chi connectivity index (χ2v) is 3.32. The van der Waals surface area contributed by atoms with Gasteiger partial charge in [0.05, 0.1) is 12.3 Å². The number of esters is 1. The molecule has 1 rings (SSSR count). The summed E-state index contributed by atoms with van der Waals surface area (Å²) >= 11 is 0. The van der Waals surface area contributed by atoms with Crippen molar-refractivity contribution in [1.29, 1.82) is 0 Å². The molecule has 0 fully saturated rings. The summed E-state index contributed by atoms with van der Waals surface area (Å²) in [5.41, 5.74) is 6.06. The van der Waals surface area contributed by atoms with Crippen molar-refractivity contribution >= 4 is 11.7 Å². The smallest absolute Gasteiger partial charge is 0.359 e. The van der Waals surface area contributed by atoms with Crippen molar-refractivity contribution < 1.29 is 14.3 Å². The van der Waals surface area contributed by atoms with Gasteiger partial charge in [0.15, 0.2) is 5.69 Å². The van der Waals surface area contributed by atoms with Crippen molar-refractivity contribution in [2.45, 2.75) is 20.0 Å². The number of pyridine rings is 1. The standard InChI is InChI=1S/C11H16N2O3/c1-3-15-7-8(2)16-11(14)10-9(12)5-4-6-13-10/h4-6,8H,3,7,12H2,1-2H3. The Morgan fingerprint density at radius 3 is 3.00 bits per heavy atom. The van der Waals surface area contributed by atoms with Crippen LogP contribution in [-0.4, -0.2) is 30.3 Å². The number of ether oxygens (including phenoxy) is 2. The van der Waals surface area contributed by atoms with Gasteiger partial charge in [0.2, 0.25) is 0 Å². The Morgan fingerprint density at radius 1 is 1.62 bits per heavy atom. The molecule has 1 atom stereocenters. The van der Waals surface area contributed by atoms with Gasteiger partial charge < -0.3 is 15.2 Å². The molecule has 1 aromatic heterocycles. The lowest BCUT2D eigenvalue weighted by Gasteiger charge is -2.13. The number of nitrogen functional groups attached to an aromatic ring is 1. The van der Waals surface area contributed by atoms with Gasteiger partial charge in [-0.1, -0.05) is 0 Å². The van der Waals surface area contributed by atoms with Gasteiger partial charge in [0, 0.05) is 12.8 Å². The lowest BCUT2D eigenvalue weighted by molar-refractivity contribution is 0.00398. The second kappa shape index (κ2) is 6.07. The Labute approximate surface area is 94.6 Å². The Bertz CT molecular complexity index is 355. The molecule has 5 heteroatoms. The minimum atomic E-state index is -0.523. The minimum absolute atomic E-state index is 0.144. The van der Waals surface area contributed by atoms with Crippen molar-refractivity contribution in [3.05, 3.63) is 24.0 Å². The molecule has 0 aliphatic heterocycles. The van der Waals surface area contributed by atoms with Crippen molar-refractivity contribution in [3.8, 4) is 0 Å². The maximum atomic E-state index is 11.6. The zero-order valence-corrected chi connectivity index (χ0v) is 9.47. The molecule has 0 saturated heterocycles. The van der Waals surface area contributed by atoms with Crippen LogP contribution in [0.5, 0.6) is 0 Å². The Hall–Kier alpha value is -1.62. The fourth-order valence-corrected chi connectivity index (χ4v) is 1.14. The van der Waals surface area contributed by atoms with E-state index in [4.69, 9.17) is 15.2 Å². The zero-order valence-electron chi connectivity index (χ0n) is 9.47. The number of anilines is 1. The molecule has 0 spiro atoms. The first-order valence-corrected chi connectivity index (χ1v) is 5.14. The normalized spacial score (nSPS) is 12.1. The minimum Gasteiger partial charge on any atom is -0.455 e. The molecule has 16 heavy (non-hydrogen) atoms. The molecule has 0 bridgehead atoms. The molecule has 0 saturated carbocycles. The summed E-state index contributed by atoms with van der Waals surface area (Å²) in [4.78, 5) is 15.5. The van der Waals surface area contributed by atoms with E-state index in [1.165, 1.54) is 6.20 Å². The van der Waals surface area contributed by atoms with E-state index in [1.54, 1.807) is 19.1 Å². The lowest BCUT2D eigenvalue weighted by Crippen LogP contribution is -2.21. The van der Waals surface area contributed by atoms with Gasteiger partial charge in [-0.25, -0.2) is 9.78 Å². The second-order valence-electron chi connectivity index (χ2n) is 3.32. The summed E-state index contributed by atoms with van der Waals surface area (Å²) < 4.78 is 10.2. The van der Waals surface area contributed by atoms with Gasteiger partial charge in [0.1, 0.15) is 6.10 Å². The van der Waals surface area contributed by atoms with Gasteiger partial charge in [-0.2, -0.15) is 0 Å². The molecular formula is C11H16N2O3. The number of carbonyl (C=O) groups is 1. The highest BCUT2D eigenvalue weighted by Gasteiger charge is 2.15. The molecule has 0 aliphatic rings. The van der Waals surface area contributed by atoms with Crippen LogP contribution >= 0.6 is 0 Å². The molecule has 1 heterocycles. The van der Waals surface area contributed by atoms with Crippen molar-refractivity contribution in [2.24, 2.45) is 0 Å². The molecule has 5 nitrogen and oxygen atoms in total. The van der Waals surface area contributed by atoms with E-state index in [0.29, 0.717) is 18.9 Å². The third kappa shape index (κ3) is 3.51.